The van der Waals surface area contributed by atoms with Gasteiger partial charge in [0, 0.05) is 0 Å². The number of nitrogens with one attached hydrogen (secondary N) is 1. The maximum Gasteiger partial charge on any atom is 0.281 e. The topological polar surface area (TPSA) is 85.4 Å². The fourth-order valence-corrected chi connectivity index (χ4v) is 1.94. The zero-order chi connectivity index (χ0) is 14.5. The molecule has 0 amide bonds. The first kappa shape index (κ1) is 13.4. The van der Waals surface area contributed by atoms with Crippen molar-refractivity contribution in [3.05, 3.63) is 51.3 Å². The van der Waals surface area contributed by atoms with E-state index >= 15 is 0 Å². The quantitative estimate of drug-likeness (QED) is 0.859. The summed E-state index contributed by atoms with van der Waals surface area (Å²) in [6.45, 7) is 1.92. The number of aromatic amines is 1. The molecular formula is C15H12N4O. The van der Waals surface area contributed by atoms with Gasteiger partial charge in [-0.05, 0) is 18.6 Å². The van der Waals surface area contributed by atoms with E-state index in [1.165, 1.54) is 4.68 Å². The predicted molar refractivity (Wildman–Crippen MR) is 75.0 cm³/mol. The lowest BCUT2D eigenvalue weighted by Gasteiger charge is -1.98. The number of H-pyrrole nitrogens is 1. The molecule has 0 atom stereocenters. The average Bonchev–Trinajstić information content (AvgIpc) is 2.80. The van der Waals surface area contributed by atoms with Crippen LogP contribution in [0.3, 0.4) is 0 Å². The summed E-state index contributed by atoms with van der Waals surface area (Å²) in [5.41, 5.74) is 0.0827. The Bertz CT molecular complexity index is 857. The molecular weight excluding hydrogens is 252 g/mol. The highest BCUT2D eigenvalue weighted by molar-refractivity contribution is 5.72. The number of hydrogen-bond acceptors (Lipinski definition) is 3. The standard InChI is InChI=1S/C15H12N4O/c1-2-6-13-14(11(9-16)10-17)15(20)19(18-13)12-7-4-3-5-8-12/h3-8,18H,2H2,1H3. The second-order valence-electron chi connectivity index (χ2n) is 4.09. The number of hydrogen-bond donors (Lipinski definition) is 1. The summed E-state index contributed by atoms with van der Waals surface area (Å²) in [7, 11) is 0. The molecule has 1 aromatic heterocycles. The van der Waals surface area contributed by atoms with Crippen molar-refractivity contribution in [3.63, 3.8) is 0 Å². The first-order chi connectivity index (χ1) is 9.72. The van der Waals surface area contributed by atoms with Gasteiger partial charge in [0.1, 0.15) is 17.7 Å². The van der Waals surface area contributed by atoms with E-state index in [1.807, 2.05) is 25.1 Å². The van der Waals surface area contributed by atoms with Crippen LogP contribution in [0.25, 0.3) is 17.3 Å². The normalized spacial score (nSPS) is 10.8. The van der Waals surface area contributed by atoms with Gasteiger partial charge < -0.3 is 0 Å². The lowest BCUT2D eigenvalue weighted by atomic mass is 10.2. The summed E-state index contributed by atoms with van der Waals surface area (Å²) in [5, 5.41) is 21.5. The summed E-state index contributed by atoms with van der Waals surface area (Å²) in [6, 6.07) is 12.6. The Labute approximate surface area is 115 Å². The van der Waals surface area contributed by atoms with E-state index in [2.05, 4.69) is 5.10 Å². The van der Waals surface area contributed by atoms with E-state index in [9.17, 15) is 4.79 Å². The lowest BCUT2D eigenvalue weighted by Crippen LogP contribution is -2.36. The molecule has 0 fully saturated rings. The highest BCUT2D eigenvalue weighted by atomic mass is 16.1. The van der Waals surface area contributed by atoms with E-state index in [-0.39, 0.29) is 10.8 Å². The largest absolute Gasteiger partial charge is 0.291 e. The molecule has 1 N–H and O–H groups in total. The maximum absolute atomic E-state index is 12.4. The van der Waals surface area contributed by atoms with E-state index < -0.39 is 5.56 Å². The SMILES string of the molecule is CCC=c1[nH]n(-c2ccccc2)c(=O)c1=C(C#N)C#N. The minimum atomic E-state index is -0.394. The van der Waals surface area contributed by atoms with Crippen molar-refractivity contribution in [2.75, 3.05) is 0 Å². The first-order valence-electron chi connectivity index (χ1n) is 6.14. The summed E-state index contributed by atoms with van der Waals surface area (Å²) in [4.78, 5) is 12.4. The molecule has 2 rings (SSSR count). The molecule has 0 spiro atoms. The van der Waals surface area contributed by atoms with Crippen molar-refractivity contribution in [1.82, 2.24) is 9.78 Å². The third kappa shape index (κ3) is 2.25. The van der Waals surface area contributed by atoms with Gasteiger partial charge in [-0.15, -0.1) is 0 Å². The number of aromatic nitrogens is 2. The molecule has 0 saturated heterocycles. The van der Waals surface area contributed by atoms with Crippen LogP contribution in [-0.2, 0) is 0 Å². The van der Waals surface area contributed by atoms with Crippen molar-refractivity contribution in [1.29, 1.82) is 10.5 Å². The van der Waals surface area contributed by atoms with Crippen LogP contribution in [0.15, 0.2) is 35.1 Å². The minimum Gasteiger partial charge on any atom is -0.291 e. The Morgan fingerprint density at radius 3 is 2.50 bits per heavy atom. The Hall–Kier alpha value is -3.05. The molecule has 0 saturated carbocycles. The molecule has 0 aliphatic heterocycles. The zero-order valence-corrected chi connectivity index (χ0v) is 10.9. The Morgan fingerprint density at radius 1 is 1.30 bits per heavy atom. The number of benzene rings is 1. The van der Waals surface area contributed by atoms with Crippen molar-refractivity contribution >= 4 is 11.6 Å². The van der Waals surface area contributed by atoms with Crippen molar-refractivity contribution in [2.24, 2.45) is 0 Å². The first-order valence-corrected chi connectivity index (χ1v) is 6.14. The molecule has 0 unspecified atom stereocenters. The maximum atomic E-state index is 12.4. The van der Waals surface area contributed by atoms with Crippen LogP contribution in [0, 0.1) is 22.7 Å². The minimum absolute atomic E-state index is 0.126. The van der Waals surface area contributed by atoms with E-state index in [0.29, 0.717) is 17.5 Å². The monoisotopic (exact) mass is 264 g/mol. The molecule has 0 radical (unpaired) electrons. The Morgan fingerprint density at radius 2 is 1.95 bits per heavy atom. The van der Waals surface area contributed by atoms with Crippen LogP contribution >= 0.6 is 0 Å². The van der Waals surface area contributed by atoms with Crippen molar-refractivity contribution in [3.8, 4) is 17.8 Å². The molecule has 0 aliphatic rings. The van der Waals surface area contributed by atoms with Gasteiger partial charge in [0.05, 0.1) is 16.3 Å². The number of para-hydroxylation sites is 1. The molecule has 5 heteroatoms. The van der Waals surface area contributed by atoms with Crippen LogP contribution in [-0.4, -0.2) is 9.78 Å². The van der Waals surface area contributed by atoms with E-state index in [4.69, 9.17) is 10.5 Å². The molecule has 98 valence electrons. The second-order valence-corrected chi connectivity index (χ2v) is 4.09. The summed E-state index contributed by atoms with van der Waals surface area (Å²) in [6.07, 6.45) is 2.47. The van der Waals surface area contributed by atoms with Crippen LogP contribution in [0.1, 0.15) is 13.3 Å². The van der Waals surface area contributed by atoms with Crippen LogP contribution in [0.5, 0.6) is 0 Å². The molecule has 0 aliphatic carbocycles. The summed E-state index contributed by atoms with van der Waals surface area (Å²) >= 11 is 0. The highest BCUT2D eigenvalue weighted by Crippen LogP contribution is 1.99. The second kappa shape index (κ2) is 5.73. The van der Waals surface area contributed by atoms with Crippen molar-refractivity contribution < 1.29 is 0 Å². The van der Waals surface area contributed by atoms with Gasteiger partial charge in [-0.1, -0.05) is 31.2 Å². The van der Waals surface area contributed by atoms with Crippen molar-refractivity contribution in [2.45, 2.75) is 13.3 Å². The predicted octanol–water partition coefficient (Wildman–Crippen LogP) is 0.554. The molecule has 5 nitrogen and oxygen atoms in total. The van der Waals surface area contributed by atoms with Gasteiger partial charge in [0.25, 0.3) is 5.56 Å². The average molecular weight is 264 g/mol. The van der Waals surface area contributed by atoms with Crippen LogP contribution in [0.4, 0.5) is 0 Å². The molecule has 0 bridgehead atoms. The highest BCUT2D eigenvalue weighted by Gasteiger charge is 2.09. The smallest absolute Gasteiger partial charge is 0.281 e. The van der Waals surface area contributed by atoms with Crippen LogP contribution in [0.2, 0.25) is 0 Å². The van der Waals surface area contributed by atoms with Gasteiger partial charge in [0.15, 0.2) is 0 Å². The van der Waals surface area contributed by atoms with Gasteiger partial charge in [0.2, 0.25) is 0 Å². The van der Waals surface area contributed by atoms with Gasteiger partial charge in [-0.25, -0.2) is 4.68 Å². The lowest BCUT2D eigenvalue weighted by molar-refractivity contribution is 0.836. The number of rotatable bonds is 2. The van der Waals surface area contributed by atoms with E-state index in [1.54, 1.807) is 30.3 Å². The van der Waals surface area contributed by atoms with Gasteiger partial charge in [-0.2, -0.15) is 10.5 Å². The third-order valence-corrected chi connectivity index (χ3v) is 2.81. The molecule has 20 heavy (non-hydrogen) atoms. The van der Waals surface area contributed by atoms with Crippen LogP contribution < -0.4 is 16.1 Å². The number of nitrogens with zero attached hydrogens (tertiary/aromatic N) is 3. The molecule has 2 aromatic rings. The molecule has 1 heterocycles. The number of nitriles is 2. The Kier molecular flexibility index (Phi) is 3.83. The Balaban J connectivity index is 2.94. The third-order valence-electron chi connectivity index (χ3n) is 2.81. The zero-order valence-electron chi connectivity index (χ0n) is 10.9. The summed E-state index contributed by atoms with van der Waals surface area (Å²) < 4.78 is 1.34. The summed E-state index contributed by atoms with van der Waals surface area (Å²) in [5.74, 6) is 0. The fraction of sp³-hybridized carbons (Fsp3) is 0.133. The molecule has 1 aromatic carbocycles. The van der Waals surface area contributed by atoms with E-state index in [0.717, 1.165) is 0 Å². The van der Waals surface area contributed by atoms with Gasteiger partial charge in [-0.3, -0.25) is 9.89 Å². The fourth-order valence-electron chi connectivity index (χ4n) is 1.94. The van der Waals surface area contributed by atoms with Gasteiger partial charge >= 0.3 is 0 Å².